The van der Waals surface area contributed by atoms with Crippen molar-refractivity contribution in [3.63, 3.8) is 0 Å². The number of hydrogen-bond acceptors (Lipinski definition) is 6. The number of aromatic nitrogens is 1. The first-order valence-electron chi connectivity index (χ1n) is 9.50. The molecule has 4 heterocycles. The van der Waals surface area contributed by atoms with Crippen LogP contribution in [0.1, 0.15) is 25.9 Å². The molecule has 0 saturated carbocycles. The third kappa shape index (κ3) is 3.84. The number of thiophene rings is 1. The molecule has 1 aromatic carbocycles. The summed E-state index contributed by atoms with van der Waals surface area (Å²) in [7, 11) is 0. The summed E-state index contributed by atoms with van der Waals surface area (Å²) in [4.78, 5) is 33.8. The highest BCUT2D eigenvalue weighted by Crippen LogP contribution is 2.30. The maximum atomic E-state index is 12.8. The molecule has 2 aliphatic rings. The van der Waals surface area contributed by atoms with Gasteiger partial charge in [0.1, 0.15) is 0 Å². The lowest BCUT2D eigenvalue weighted by Gasteiger charge is -2.40. The number of nitrogens with zero attached hydrogens (tertiary/aromatic N) is 3. The summed E-state index contributed by atoms with van der Waals surface area (Å²) < 4.78 is 2.15. The minimum Gasteiger partial charge on any atom is -0.335 e. The molecular weight excluding hydrogens is 472 g/mol. The van der Waals surface area contributed by atoms with Gasteiger partial charge in [-0.15, -0.1) is 22.7 Å². The Labute approximate surface area is 184 Å². The summed E-state index contributed by atoms with van der Waals surface area (Å²) in [6.07, 6.45) is 2.60. The van der Waals surface area contributed by atoms with Gasteiger partial charge in [0.15, 0.2) is 5.01 Å². The van der Waals surface area contributed by atoms with Crippen LogP contribution in [0.5, 0.6) is 0 Å². The minimum absolute atomic E-state index is 0.0195. The third-order valence-corrected chi connectivity index (χ3v) is 7.78. The molecule has 2 fully saturated rings. The molecule has 0 aliphatic carbocycles. The van der Waals surface area contributed by atoms with Crippen LogP contribution in [0.4, 0.5) is 0 Å². The number of nitrogens with one attached hydrogen (secondary N) is 1. The highest BCUT2D eigenvalue weighted by atomic mass is 79.9. The number of carbonyl (C=O) groups excluding carboxylic acids is 2. The zero-order chi connectivity index (χ0) is 20.0. The van der Waals surface area contributed by atoms with Crippen LogP contribution in [0.3, 0.4) is 0 Å². The smallest absolute Gasteiger partial charge is 0.282 e. The van der Waals surface area contributed by atoms with E-state index in [4.69, 9.17) is 0 Å². The van der Waals surface area contributed by atoms with Gasteiger partial charge in [-0.3, -0.25) is 9.59 Å². The molecule has 29 heavy (non-hydrogen) atoms. The van der Waals surface area contributed by atoms with Gasteiger partial charge in [0.05, 0.1) is 4.88 Å². The number of benzene rings is 1. The Hall–Kier alpha value is -1.81. The van der Waals surface area contributed by atoms with Gasteiger partial charge in [-0.2, -0.15) is 0 Å². The minimum atomic E-state index is 0.0195. The van der Waals surface area contributed by atoms with Crippen LogP contribution in [0.2, 0.25) is 0 Å². The van der Waals surface area contributed by atoms with Crippen LogP contribution in [0.25, 0.3) is 10.1 Å². The van der Waals surface area contributed by atoms with E-state index in [0.29, 0.717) is 30.7 Å². The van der Waals surface area contributed by atoms with Crippen molar-refractivity contribution in [2.75, 3.05) is 26.2 Å². The average Bonchev–Trinajstić information content (AvgIpc) is 3.43. The number of amides is 2. The van der Waals surface area contributed by atoms with E-state index in [0.717, 1.165) is 32.4 Å². The van der Waals surface area contributed by atoms with E-state index in [9.17, 15) is 9.59 Å². The Morgan fingerprint density at radius 1 is 1.10 bits per heavy atom. The number of thiazole rings is 1. The van der Waals surface area contributed by atoms with Crippen molar-refractivity contribution in [3.05, 3.63) is 50.2 Å². The summed E-state index contributed by atoms with van der Waals surface area (Å²) >= 11 is 6.41. The Morgan fingerprint density at radius 2 is 1.93 bits per heavy atom. The highest BCUT2D eigenvalue weighted by Gasteiger charge is 2.35. The summed E-state index contributed by atoms with van der Waals surface area (Å²) in [5, 5.41) is 7.09. The van der Waals surface area contributed by atoms with Crippen molar-refractivity contribution in [2.45, 2.75) is 18.5 Å². The van der Waals surface area contributed by atoms with Gasteiger partial charge >= 0.3 is 0 Å². The predicted molar refractivity (Wildman–Crippen MR) is 119 cm³/mol. The summed E-state index contributed by atoms with van der Waals surface area (Å²) in [6, 6.07) is 8.64. The number of likely N-dealkylation sites (tertiary alicyclic amines) is 2. The zero-order valence-electron chi connectivity index (χ0n) is 15.5. The zero-order valence-corrected chi connectivity index (χ0v) is 18.7. The molecule has 3 aromatic rings. The average molecular weight is 491 g/mol. The second-order valence-electron chi connectivity index (χ2n) is 7.44. The Morgan fingerprint density at radius 3 is 2.72 bits per heavy atom. The molecule has 0 radical (unpaired) electrons. The van der Waals surface area contributed by atoms with E-state index in [1.807, 2.05) is 39.4 Å². The van der Waals surface area contributed by atoms with Gasteiger partial charge in [0, 0.05) is 59.0 Å². The topological polar surface area (TPSA) is 65.5 Å². The lowest BCUT2D eigenvalue weighted by atomic mass is 10.1. The molecule has 6 nitrogen and oxygen atoms in total. The Balaban J connectivity index is 1.13. The van der Waals surface area contributed by atoms with E-state index < -0.39 is 0 Å². The molecule has 2 saturated heterocycles. The van der Waals surface area contributed by atoms with E-state index >= 15 is 0 Å². The second kappa shape index (κ2) is 7.79. The van der Waals surface area contributed by atoms with Crippen LogP contribution < -0.4 is 5.32 Å². The van der Waals surface area contributed by atoms with Crippen molar-refractivity contribution in [2.24, 2.45) is 0 Å². The van der Waals surface area contributed by atoms with E-state index in [1.165, 1.54) is 11.3 Å². The lowest BCUT2D eigenvalue weighted by molar-refractivity contribution is 0.0558. The van der Waals surface area contributed by atoms with Crippen molar-refractivity contribution < 1.29 is 9.59 Å². The summed E-state index contributed by atoms with van der Waals surface area (Å²) in [5.74, 6) is 0.124. The Kier molecular flexibility index (Phi) is 5.15. The first kappa shape index (κ1) is 19.2. The second-order valence-corrected chi connectivity index (χ2v) is 10.3. The fourth-order valence-corrected chi connectivity index (χ4v) is 5.90. The molecule has 1 atom stereocenters. The highest BCUT2D eigenvalue weighted by molar-refractivity contribution is 9.10. The van der Waals surface area contributed by atoms with Crippen molar-refractivity contribution >= 4 is 60.5 Å². The first-order chi connectivity index (χ1) is 14.1. The third-order valence-electron chi connectivity index (χ3n) is 5.42. The van der Waals surface area contributed by atoms with Crippen molar-refractivity contribution in [1.82, 2.24) is 20.1 Å². The molecule has 2 aliphatic heterocycles. The lowest BCUT2D eigenvalue weighted by Crippen LogP contribution is -2.61. The van der Waals surface area contributed by atoms with Crippen molar-refractivity contribution in [3.8, 4) is 0 Å². The molecule has 0 spiro atoms. The molecule has 2 amide bonds. The Bertz CT molecular complexity index is 1060. The molecular formula is C20H19BrN4O2S2. The molecule has 0 bridgehead atoms. The van der Waals surface area contributed by atoms with Gasteiger partial charge in [-0.05, 0) is 36.1 Å². The molecule has 5 rings (SSSR count). The monoisotopic (exact) mass is 490 g/mol. The SMILES string of the molecule is O=C(c1cc2cc(Br)ccc2s1)N1CC(N[C@H]2CCN(C(=O)c3nccs3)C2)C1. The van der Waals surface area contributed by atoms with Crippen LogP contribution in [-0.4, -0.2) is 64.9 Å². The number of rotatable bonds is 4. The fourth-order valence-electron chi connectivity index (χ4n) is 3.90. The number of fused-ring (bicyclic) bond motifs is 1. The van der Waals surface area contributed by atoms with Crippen LogP contribution in [0.15, 0.2) is 40.3 Å². The molecule has 150 valence electrons. The van der Waals surface area contributed by atoms with Crippen LogP contribution in [0, 0.1) is 0 Å². The van der Waals surface area contributed by atoms with Crippen LogP contribution in [-0.2, 0) is 0 Å². The molecule has 2 aromatic heterocycles. The predicted octanol–water partition coefficient (Wildman–Crippen LogP) is 3.45. The van der Waals surface area contributed by atoms with Gasteiger partial charge in [0.2, 0.25) is 0 Å². The maximum Gasteiger partial charge on any atom is 0.282 e. The van der Waals surface area contributed by atoms with Gasteiger partial charge < -0.3 is 15.1 Å². The normalized spacial score (nSPS) is 19.7. The van der Waals surface area contributed by atoms with E-state index in [1.54, 1.807) is 17.5 Å². The molecule has 9 heteroatoms. The van der Waals surface area contributed by atoms with Gasteiger partial charge in [0.25, 0.3) is 11.8 Å². The van der Waals surface area contributed by atoms with E-state index in [2.05, 4.69) is 26.2 Å². The quantitative estimate of drug-likeness (QED) is 0.608. The first-order valence-corrected chi connectivity index (χ1v) is 12.0. The molecule has 1 N–H and O–H groups in total. The van der Waals surface area contributed by atoms with Gasteiger partial charge in [-0.25, -0.2) is 4.98 Å². The maximum absolute atomic E-state index is 12.8. The standard InChI is InChI=1S/C20H19BrN4O2S2/c21-13-1-2-16-12(7-13)8-17(29-16)19(26)25-10-15(11-25)23-14-3-5-24(9-14)20(27)18-22-4-6-28-18/h1-2,4,6-8,14-15,23H,3,5,9-11H2/t14-/m0/s1. The fraction of sp³-hybridized carbons (Fsp3) is 0.350. The van der Waals surface area contributed by atoms with Crippen LogP contribution >= 0.6 is 38.6 Å². The largest absolute Gasteiger partial charge is 0.335 e. The summed E-state index contributed by atoms with van der Waals surface area (Å²) in [5.41, 5.74) is 0. The number of carbonyl (C=O) groups is 2. The van der Waals surface area contributed by atoms with E-state index in [-0.39, 0.29) is 17.9 Å². The summed E-state index contributed by atoms with van der Waals surface area (Å²) in [6.45, 7) is 2.89. The van der Waals surface area contributed by atoms with Crippen molar-refractivity contribution in [1.29, 1.82) is 0 Å². The number of halogens is 1. The number of hydrogen-bond donors (Lipinski definition) is 1. The van der Waals surface area contributed by atoms with Gasteiger partial charge in [-0.1, -0.05) is 15.9 Å². The molecule has 0 unspecified atom stereocenters.